The first-order valence-electron chi connectivity index (χ1n) is 9.11. The van der Waals surface area contributed by atoms with E-state index in [9.17, 15) is 9.59 Å². The highest BCUT2D eigenvalue weighted by atomic mass is 16.5. The fraction of sp³-hybridized carbons (Fsp3) is 0.333. The summed E-state index contributed by atoms with van der Waals surface area (Å²) in [6, 6.07) is 14.3. The summed E-state index contributed by atoms with van der Waals surface area (Å²) in [5, 5.41) is 5.79. The number of hydrogen-bond acceptors (Lipinski definition) is 3. The lowest BCUT2D eigenvalue weighted by Crippen LogP contribution is -2.23. The molecule has 0 heterocycles. The number of carbonyl (C=O) groups excluding carboxylic acids is 2. The van der Waals surface area contributed by atoms with E-state index in [1.165, 1.54) is 0 Å². The molecular formula is C21H24N2O3. The zero-order chi connectivity index (χ0) is 18.4. The number of amides is 2. The maximum atomic E-state index is 12.7. The summed E-state index contributed by atoms with van der Waals surface area (Å²) in [5.74, 6) is 0.562. The summed E-state index contributed by atoms with van der Waals surface area (Å²) in [7, 11) is 0. The molecule has 0 atom stereocenters. The van der Waals surface area contributed by atoms with E-state index in [0.717, 1.165) is 31.4 Å². The van der Waals surface area contributed by atoms with Crippen molar-refractivity contribution in [1.29, 1.82) is 0 Å². The summed E-state index contributed by atoms with van der Waals surface area (Å²) < 4.78 is 5.40. The van der Waals surface area contributed by atoms with Crippen molar-refractivity contribution in [3.63, 3.8) is 0 Å². The zero-order valence-corrected chi connectivity index (χ0v) is 15.0. The van der Waals surface area contributed by atoms with Crippen molar-refractivity contribution < 1.29 is 14.3 Å². The molecule has 0 saturated heterocycles. The Morgan fingerprint density at radius 3 is 2.38 bits per heavy atom. The molecule has 0 unspecified atom stereocenters. The largest absolute Gasteiger partial charge is 0.494 e. The second-order valence-electron chi connectivity index (χ2n) is 6.43. The molecule has 0 spiro atoms. The number of anilines is 2. The Labute approximate surface area is 153 Å². The van der Waals surface area contributed by atoms with Gasteiger partial charge in [0.15, 0.2) is 0 Å². The Morgan fingerprint density at radius 2 is 1.69 bits per heavy atom. The van der Waals surface area contributed by atoms with Crippen LogP contribution in [0.4, 0.5) is 11.4 Å². The fourth-order valence-corrected chi connectivity index (χ4v) is 3.21. The van der Waals surface area contributed by atoms with Gasteiger partial charge in [-0.1, -0.05) is 25.0 Å². The van der Waals surface area contributed by atoms with Crippen LogP contribution in [-0.2, 0) is 4.79 Å². The zero-order valence-electron chi connectivity index (χ0n) is 15.0. The van der Waals surface area contributed by atoms with Gasteiger partial charge in [-0.15, -0.1) is 0 Å². The average molecular weight is 352 g/mol. The van der Waals surface area contributed by atoms with Gasteiger partial charge in [0.25, 0.3) is 5.91 Å². The Bertz CT molecular complexity index is 765. The minimum Gasteiger partial charge on any atom is -0.494 e. The van der Waals surface area contributed by atoms with Crippen molar-refractivity contribution in [1.82, 2.24) is 0 Å². The lowest BCUT2D eigenvalue weighted by molar-refractivity contribution is -0.119. The molecule has 1 saturated carbocycles. The van der Waals surface area contributed by atoms with Gasteiger partial charge in [-0.3, -0.25) is 9.59 Å². The van der Waals surface area contributed by atoms with E-state index < -0.39 is 0 Å². The first-order valence-corrected chi connectivity index (χ1v) is 9.11. The standard InChI is InChI=1S/C21H24N2O3/c1-2-26-17-13-11-16(12-14-17)22-21(25)18-9-5-6-10-19(18)23-20(24)15-7-3-4-8-15/h5-6,9-15H,2-4,7-8H2,1H3,(H,22,25)(H,23,24). The number of ether oxygens (including phenoxy) is 1. The first-order chi connectivity index (χ1) is 12.7. The van der Waals surface area contributed by atoms with Gasteiger partial charge >= 0.3 is 0 Å². The molecule has 136 valence electrons. The Morgan fingerprint density at radius 1 is 1.00 bits per heavy atom. The van der Waals surface area contributed by atoms with Gasteiger partial charge in [-0.2, -0.15) is 0 Å². The molecule has 26 heavy (non-hydrogen) atoms. The van der Waals surface area contributed by atoms with Crippen LogP contribution in [-0.4, -0.2) is 18.4 Å². The second kappa shape index (κ2) is 8.52. The number of rotatable bonds is 6. The molecular weight excluding hydrogens is 328 g/mol. The van der Waals surface area contributed by atoms with Crippen LogP contribution in [0.15, 0.2) is 48.5 Å². The van der Waals surface area contributed by atoms with Gasteiger partial charge in [-0.25, -0.2) is 0 Å². The molecule has 2 aromatic rings. The molecule has 0 radical (unpaired) electrons. The highest BCUT2D eigenvalue weighted by Crippen LogP contribution is 2.27. The van der Waals surface area contributed by atoms with E-state index in [1.807, 2.05) is 25.1 Å². The molecule has 2 amide bonds. The average Bonchev–Trinajstić information content (AvgIpc) is 3.19. The lowest BCUT2D eigenvalue weighted by Gasteiger charge is -2.14. The smallest absolute Gasteiger partial charge is 0.257 e. The van der Waals surface area contributed by atoms with E-state index in [4.69, 9.17) is 4.74 Å². The molecule has 0 bridgehead atoms. The summed E-state index contributed by atoms with van der Waals surface area (Å²) in [6.45, 7) is 2.52. The molecule has 2 aromatic carbocycles. The molecule has 0 aliphatic heterocycles. The van der Waals surface area contributed by atoms with Crippen LogP contribution in [0.2, 0.25) is 0 Å². The van der Waals surface area contributed by atoms with Crippen LogP contribution in [0.5, 0.6) is 5.75 Å². The lowest BCUT2D eigenvalue weighted by atomic mass is 10.1. The topological polar surface area (TPSA) is 67.4 Å². The van der Waals surface area contributed by atoms with Crippen molar-refractivity contribution in [3.8, 4) is 5.75 Å². The minimum absolute atomic E-state index is 0.00353. The molecule has 5 nitrogen and oxygen atoms in total. The number of carbonyl (C=O) groups is 2. The van der Waals surface area contributed by atoms with Crippen molar-refractivity contribution in [2.45, 2.75) is 32.6 Å². The summed E-state index contributed by atoms with van der Waals surface area (Å²) in [6.07, 6.45) is 4.04. The van der Waals surface area contributed by atoms with Crippen LogP contribution in [0.25, 0.3) is 0 Å². The van der Waals surface area contributed by atoms with Gasteiger partial charge in [0.1, 0.15) is 5.75 Å². The first kappa shape index (κ1) is 18.0. The second-order valence-corrected chi connectivity index (χ2v) is 6.43. The maximum Gasteiger partial charge on any atom is 0.257 e. The number of benzene rings is 2. The van der Waals surface area contributed by atoms with E-state index in [1.54, 1.807) is 30.3 Å². The fourth-order valence-electron chi connectivity index (χ4n) is 3.21. The molecule has 1 fully saturated rings. The SMILES string of the molecule is CCOc1ccc(NC(=O)c2ccccc2NC(=O)C2CCCC2)cc1. The summed E-state index contributed by atoms with van der Waals surface area (Å²) in [5.41, 5.74) is 1.68. The third-order valence-electron chi connectivity index (χ3n) is 4.58. The van der Waals surface area contributed by atoms with Crippen molar-refractivity contribution in [3.05, 3.63) is 54.1 Å². The third-order valence-corrected chi connectivity index (χ3v) is 4.58. The van der Waals surface area contributed by atoms with Crippen LogP contribution in [0.3, 0.4) is 0 Å². The maximum absolute atomic E-state index is 12.7. The molecule has 0 aromatic heterocycles. The number of nitrogens with one attached hydrogen (secondary N) is 2. The number of hydrogen-bond donors (Lipinski definition) is 2. The van der Waals surface area contributed by atoms with Crippen LogP contribution < -0.4 is 15.4 Å². The monoisotopic (exact) mass is 352 g/mol. The molecule has 2 N–H and O–H groups in total. The van der Waals surface area contributed by atoms with Gasteiger partial charge in [0, 0.05) is 11.6 Å². The van der Waals surface area contributed by atoms with E-state index >= 15 is 0 Å². The van der Waals surface area contributed by atoms with Crippen LogP contribution in [0.1, 0.15) is 43.0 Å². The van der Waals surface area contributed by atoms with Crippen molar-refractivity contribution in [2.75, 3.05) is 17.2 Å². The van der Waals surface area contributed by atoms with E-state index in [2.05, 4.69) is 10.6 Å². The number of para-hydroxylation sites is 1. The van der Waals surface area contributed by atoms with Crippen LogP contribution in [0, 0.1) is 5.92 Å². The quantitative estimate of drug-likeness (QED) is 0.806. The molecule has 5 heteroatoms. The highest BCUT2D eigenvalue weighted by Gasteiger charge is 2.23. The Kier molecular flexibility index (Phi) is 5.89. The van der Waals surface area contributed by atoms with Crippen molar-refractivity contribution in [2.24, 2.45) is 5.92 Å². The molecule has 1 aliphatic rings. The predicted octanol–water partition coefficient (Wildman–Crippen LogP) is 4.47. The van der Waals surface area contributed by atoms with Gasteiger partial charge < -0.3 is 15.4 Å². The van der Waals surface area contributed by atoms with E-state index in [0.29, 0.717) is 23.5 Å². The van der Waals surface area contributed by atoms with Gasteiger partial charge in [0.05, 0.1) is 17.9 Å². The van der Waals surface area contributed by atoms with Crippen LogP contribution >= 0.6 is 0 Å². The van der Waals surface area contributed by atoms with Gasteiger partial charge in [0.2, 0.25) is 5.91 Å². The summed E-state index contributed by atoms with van der Waals surface area (Å²) in [4.78, 5) is 25.0. The summed E-state index contributed by atoms with van der Waals surface area (Å²) >= 11 is 0. The molecule has 3 rings (SSSR count). The van der Waals surface area contributed by atoms with Gasteiger partial charge in [-0.05, 0) is 56.2 Å². The Hall–Kier alpha value is -2.82. The van der Waals surface area contributed by atoms with E-state index in [-0.39, 0.29) is 17.7 Å². The highest BCUT2D eigenvalue weighted by molar-refractivity contribution is 6.10. The minimum atomic E-state index is -0.253. The predicted molar refractivity (Wildman–Crippen MR) is 103 cm³/mol. The Balaban J connectivity index is 1.69. The third kappa shape index (κ3) is 4.42. The molecule has 1 aliphatic carbocycles. The normalized spacial score (nSPS) is 14.0. The van der Waals surface area contributed by atoms with Crippen molar-refractivity contribution >= 4 is 23.2 Å².